The highest BCUT2D eigenvalue weighted by Gasteiger charge is 2.14. The molecule has 0 unspecified atom stereocenters. The molecule has 1 heterocycles. The van der Waals surface area contributed by atoms with Crippen LogP contribution in [0.5, 0.6) is 5.75 Å². The Bertz CT molecular complexity index is 1030. The lowest BCUT2D eigenvalue weighted by Gasteiger charge is -2.11. The molecule has 0 bridgehead atoms. The Labute approximate surface area is 165 Å². The summed E-state index contributed by atoms with van der Waals surface area (Å²) >= 11 is 0. The van der Waals surface area contributed by atoms with Crippen molar-refractivity contribution in [3.8, 4) is 5.75 Å². The largest absolute Gasteiger partial charge is 0.497 e. The Morgan fingerprint density at radius 3 is 2.32 bits per heavy atom. The minimum atomic E-state index is -3.66. The second kappa shape index (κ2) is 8.31. The maximum Gasteiger partial charge on any atom is 0.261 e. The van der Waals surface area contributed by atoms with Crippen LogP contribution in [0, 0.1) is 0 Å². The lowest BCUT2D eigenvalue weighted by Crippen LogP contribution is -2.13. The highest BCUT2D eigenvalue weighted by molar-refractivity contribution is 7.92. The summed E-state index contributed by atoms with van der Waals surface area (Å²) in [6, 6.07) is 17.7. The number of benzene rings is 2. The summed E-state index contributed by atoms with van der Waals surface area (Å²) in [5, 5.41) is 3.15. The van der Waals surface area contributed by atoms with Gasteiger partial charge in [0, 0.05) is 11.8 Å². The Morgan fingerprint density at radius 2 is 1.71 bits per heavy atom. The number of anilines is 3. The molecule has 0 spiro atoms. The number of sulfonamides is 1. The van der Waals surface area contributed by atoms with Gasteiger partial charge in [-0.25, -0.2) is 13.4 Å². The standard InChI is InChI=1S/C21H23N3O3S/c1-15(2)16-7-10-20(11-8-16)28(25,26)24-18-9-12-21(22-14-18)23-17-5-4-6-19(13-17)27-3/h4-15,24H,1-3H3,(H,22,23). The van der Waals surface area contributed by atoms with Gasteiger partial charge in [0.1, 0.15) is 11.6 Å². The van der Waals surface area contributed by atoms with Crippen LogP contribution in [0.3, 0.4) is 0 Å². The van der Waals surface area contributed by atoms with Crippen molar-refractivity contribution in [2.24, 2.45) is 0 Å². The number of hydrogen-bond donors (Lipinski definition) is 2. The molecule has 0 saturated carbocycles. The van der Waals surface area contributed by atoms with Gasteiger partial charge >= 0.3 is 0 Å². The number of hydrogen-bond acceptors (Lipinski definition) is 5. The van der Waals surface area contributed by atoms with E-state index < -0.39 is 10.0 Å². The van der Waals surface area contributed by atoms with Crippen LogP contribution in [0.1, 0.15) is 25.3 Å². The topological polar surface area (TPSA) is 80.3 Å². The fraction of sp³-hybridized carbons (Fsp3) is 0.190. The van der Waals surface area contributed by atoms with Gasteiger partial charge in [-0.3, -0.25) is 4.72 Å². The van der Waals surface area contributed by atoms with Crippen molar-refractivity contribution in [2.75, 3.05) is 17.1 Å². The van der Waals surface area contributed by atoms with Gasteiger partial charge in [0.05, 0.1) is 23.9 Å². The van der Waals surface area contributed by atoms with E-state index in [0.717, 1.165) is 17.0 Å². The molecule has 28 heavy (non-hydrogen) atoms. The summed E-state index contributed by atoms with van der Waals surface area (Å²) in [6.45, 7) is 4.13. The third kappa shape index (κ3) is 4.80. The van der Waals surface area contributed by atoms with Crippen molar-refractivity contribution < 1.29 is 13.2 Å². The van der Waals surface area contributed by atoms with Crippen molar-refractivity contribution in [2.45, 2.75) is 24.7 Å². The Balaban J connectivity index is 1.70. The fourth-order valence-corrected chi connectivity index (χ4v) is 3.67. The number of pyridine rings is 1. The molecule has 2 N–H and O–H groups in total. The number of rotatable bonds is 7. The fourth-order valence-electron chi connectivity index (χ4n) is 2.62. The first-order valence-corrected chi connectivity index (χ1v) is 10.4. The molecule has 0 aliphatic heterocycles. The number of nitrogens with zero attached hydrogens (tertiary/aromatic N) is 1. The highest BCUT2D eigenvalue weighted by Crippen LogP contribution is 2.22. The molecule has 7 heteroatoms. The molecular formula is C21H23N3O3S. The van der Waals surface area contributed by atoms with Crippen molar-refractivity contribution in [1.29, 1.82) is 0 Å². The molecule has 0 radical (unpaired) electrons. The van der Waals surface area contributed by atoms with E-state index in [0.29, 0.717) is 17.4 Å². The molecule has 3 rings (SSSR count). The van der Waals surface area contributed by atoms with Gasteiger partial charge in [-0.05, 0) is 47.9 Å². The van der Waals surface area contributed by atoms with Crippen LogP contribution in [0.4, 0.5) is 17.2 Å². The predicted molar refractivity (Wildman–Crippen MR) is 112 cm³/mol. The number of aromatic nitrogens is 1. The van der Waals surface area contributed by atoms with E-state index in [1.54, 1.807) is 31.4 Å². The van der Waals surface area contributed by atoms with Crippen LogP contribution in [0.25, 0.3) is 0 Å². The normalized spacial score (nSPS) is 11.3. The van der Waals surface area contributed by atoms with E-state index in [9.17, 15) is 8.42 Å². The molecule has 0 amide bonds. The second-order valence-electron chi connectivity index (χ2n) is 6.62. The van der Waals surface area contributed by atoms with E-state index in [1.807, 2.05) is 36.4 Å². The van der Waals surface area contributed by atoms with E-state index >= 15 is 0 Å². The zero-order valence-electron chi connectivity index (χ0n) is 16.0. The molecule has 0 saturated heterocycles. The smallest absolute Gasteiger partial charge is 0.261 e. The molecule has 6 nitrogen and oxygen atoms in total. The first-order chi connectivity index (χ1) is 13.4. The SMILES string of the molecule is COc1cccc(Nc2ccc(NS(=O)(=O)c3ccc(C(C)C)cc3)cn2)c1. The van der Waals surface area contributed by atoms with E-state index in [-0.39, 0.29) is 4.90 Å². The third-order valence-electron chi connectivity index (χ3n) is 4.21. The molecule has 146 valence electrons. The molecule has 2 aromatic carbocycles. The average Bonchev–Trinajstić information content (AvgIpc) is 2.69. The maximum atomic E-state index is 12.6. The number of ether oxygens (including phenoxy) is 1. The van der Waals surface area contributed by atoms with Crippen LogP contribution in [-0.4, -0.2) is 20.5 Å². The van der Waals surface area contributed by atoms with Crippen LogP contribution >= 0.6 is 0 Å². The summed E-state index contributed by atoms with van der Waals surface area (Å²) in [4.78, 5) is 4.48. The monoisotopic (exact) mass is 397 g/mol. The lowest BCUT2D eigenvalue weighted by atomic mass is 10.0. The van der Waals surface area contributed by atoms with Crippen molar-refractivity contribution in [3.05, 3.63) is 72.4 Å². The quantitative estimate of drug-likeness (QED) is 0.601. The zero-order chi connectivity index (χ0) is 20.1. The van der Waals surface area contributed by atoms with Crippen molar-refractivity contribution in [3.63, 3.8) is 0 Å². The van der Waals surface area contributed by atoms with Gasteiger partial charge in [-0.2, -0.15) is 0 Å². The van der Waals surface area contributed by atoms with E-state index in [2.05, 4.69) is 28.9 Å². The highest BCUT2D eigenvalue weighted by atomic mass is 32.2. The molecule has 0 aliphatic rings. The van der Waals surface area contributed by atoms with Crippen LogP contribution < -0.4 is 14.8 Å². The maximum absolute atomic E-state index is 12.6. The lowest BCUT2D eigenvalue weighted by molar-refractivity contribution is 0.415. The van der Waals surface area contributed by atoms with Crippen molar-refractivity contribution in [1.82, 2.24) is 4.98 Å². The molecule has 1 aromatic heterocycles. The summed E-state index contributed by atoms with van der Waals surface area (Å²) in [6.07, 6.45) is 1.47. The van der Waals surface area contributed by atoms with Crippen molar-refractivity contribution >= 4 is 27.2 Å². The van der Waals surface area contributed by atoms with E-state index in [4.69, 9.17) is 4.74 Å². The van der Waals surface area contributed by atoms with Gasteiger partial charge in [0.25, 0.3) is 10.0 Å². The summed E-state index contributed by atoms with van der Waals surface area (Å²) in [7, 11) is -2.06. The molecular weight excluding hydrogens is 374 g/mol. The van der Waals surface area contributed by atoms with Crippen LogP contribution in [0.15, 0.2) is 71.8 Å². The van der Waals surface area contributed by atoms with Crippen LogP contribution in [0.2, 0.25) is 0 Å². The third-order valence-corrected chi connectivity index (χ3v) is 5.61. The minimum Gasteiger partial charge on any atom is -0.497 e. The Kier molecular flexibility index (Phi) is 5.84. The first kappa shape index (κ1) is 19.7. The first-order valence-electron chi connectivity index (χ1n) is 8.87. The van der Waals surface area contributed by atoms with Gasteiger partial charge in [-0.1, -0.05) is 32.0 Å². The average molecular weight is 398 g/mol. The van der Waals surface area contributed by atoms with Gasteiger partial charge in [0.15, 0.2) is 0 Å². The van der Waals surface area contributed by atoms with Crippen LogP contribution in [-0.2, 0) is 10.0 Å². The summed E-state index contributed by atoms with van der Waals surface area (Å²) in [5.41, 5.74) is 2.31. The molecule has 0 fully saturated rings. The second-order valence-corrected chi connectivity index (χ2v) is 8.30. The van der Waals surface area contributed by atoms with Gasteiger partial charge in [0.2, 0.25) is 0 Å². The van der Waals surface area contributed by atoms with Gasteiger partial charge in [-0.15, -0.1) is 0 Å². The Morgan fingerprint density at radius 1 is 0.964 bits per heavy atom. The molecule has 3 aromatic rings. The predicted octanol–water partition coefficient (Wildman–Crippen LogP) is 4.76. The summed E-state index contributed by atoms with van der Waals surface area (Å²) < 4.78 is 32.9. The number of methoxy groups -OCH3 is 1. The zero-order valence-corrected chi connectivity index (χ0v) is 16.8. The molecule has 0 atom stereocenters. The minimum absolute atomic E-state index is 0.218. The van der Waals surface area contributed by atoms with Gasteiger partial charge < -0.3 is 10.1 Å². The number of nitrogens with one attached hydrogen (secondary N) is 2. The Hall–Kier alpha value is -3.06. The molecule has 0 aliphatic carbocycles. The summed E-state index contributed by atoms with van der Waals surface area (Å²) in [5.74, 6) is 1.67. The van der Waals surface area contributed by atoms with E-state index in [1.165, 1.54) is 6.20 Å².